The molecule has 1 aromatic heterocycles. The van der Waals surface area contributed by atoms with Crippen molar-refractivity contribution in [2.75, 3.05) is 5.88 Å². The molecule has 2 aromatic rings. The molecule has 0 saturated heterocycles. The number of halogens is 3. The minimum atomic E-state index is -0.203. The van der Waals surface area contributed by atoms with Gasteiger partial charge in [0.2, 0.25) is 0 Å². The molecule has 1 atom stereocenters. The van der Waals surface area contributed by atoms with Crippen LogP contribution in [0.2, 0.25) is 0 Å². The summed E-state index contributed by atoms with van der Waals surface area (Å²) in [5.74, 6) is 0.142. The Kier molecular flexibility index (Phi) is 4.72. The van der Waals surface area contributed by atoms with Crippen molar-refractivity contribution in [2.45, 2.75) is 12.3 Å². The Balaban J connectivity index is 2.23. The second-order valence-corrected chi connectivity index (χ2v) is 5.31. The second kappa shape index (κ2) is 6.30. The van der Waals surface area contributed by atoms with Gasteiger partial charge in [-0.05, 0) is 45.6 Å². The molecule has 0 aliphatic rings. The van der Waals surface area contributed by atoms with Gasteiger partial charge >= 0.3 is 0 Å². The van der Waals surface area contributed by atoms with Crippen LogP contribution in [0.3, 0.4) is 0 Å². The molecule has 0 fully saturated rings. The van der Waals surface area contributed by atoms with E-state index in [4.69, 9.17) is 11.6 Å². The quantitative estimate of drug-likeness (QED) is 0.750. The summed E-state index contributed by atoms with van der Waals surface area (Å²) in [4.78, 5) is 4.10. The van der Waals surface area contributed by atoms with Crippen LogP contribution in [0.1, 0.15) is 17.0 Å². The van der Waals surface area contributed by atoms with E-state index in [2.05, 4.69) is 20.9 Å². The fourth-order valence-electron chi connectivity index (χ4n) is 1.91. The SMILES string of the molecule is Fc1ccccc1C(CCl)Cc1cncc(Br)c1. The topological polar surface area (TPSA) is 12.9 Å². The van der Waals surface area contributed by atoms with Crippen molar-refractivity contribution in [3.8, 4) is 0 Å². The van der Waals surface area contributed by atoms with Crippen molar-refractivity contribution in [2.24, 2.45) is 0 Å². The standard InChI is InChI=1S/C14H12BrClFN/c15-12-6-10(8-18-9-12)5-11(7-16)13-3-1-2-4-14(13)17/h1-4,6,8-9,11H,5,7H2. The second-order valence-electron chi connectivity index (χ2n) is 4.09. The highest BCUT2D eigenvalue weighted by Gasteiger charge is 2.15. The van der Waals surface area contributed by atoms with Gasteiger partial charge in [0.05, 0.1) is 0 Å². The number of rotatable bonds is 4. The Hall–Kier alpha value is -0.930. The first kappa shape index (κ1) is 13.5. The van der Waals surface area contributed by atoms with E-state index in [1.807, 2.05) is 12.1 Å². The molecule has 4 heteroatoms. The molecule has 0 bridgehead atoms. The normalized spacial score (nSPS) is 12.4. The van der Waals surface area contributed by atoms with Crippen LogP contribution in [0.5, 0.6) is 0 Å². The van der Waals surface area contributed by atoms with Crippen molar-refractivity contribution < 1.29 is 4.39 Å². The van der Waals surface area contributed by atoms with Crippen LogP contribution in [0.4, 0.5) is 4.39 Å². The fraction of sp³-hybridized carbons (Fsp3) is 0.214. The number of hydrogen-bond acceptors (Lipinski definition) is 1. The highest BCUT2D eigenvalue weighted by Crippen LogP contribution is 2.25. The van der Waals surface area contributed by atoms with Gasteiger partial charge in [-0.3, -0.25) is 4.98 Å². The maximum absolute atomic E-state index is 13.7. The van der Waals surface area contributed by atoms with Crippen LogP contribution < -0.4 is 0 Å². The first-order chi connectivity index (χ1) is 8.70. The zero-order valence-electron chi connectivity index (χ0n) is 9.61. The van der Waals surface area contributed by atoms with Crippen molar-refractivity contribution in [1.29, 1.82) is 0 Å². The first-order valence-corrected chi connectivity index (χ1v) is 6.93. The van der Waals surface area contributed by atoms with Crippen molar-refractivity contribution in [1.82, 2.24) is 4.98 Å². The Labute approximate surface area is 119 Å². The molecule has 18 heavy (non-hydrogen) atoms. The molecule has 0 aliphatic heterocycles. The molecule has 0 amide bonds. The number of alkyl halides is 1. The summed E-state index contributed by atoms with van der Waals surface area (Å²) in [7, 11) is 0. The summed E-state index contributed by atoms with van der Waals surface area (Å²) in [6.45, 7) is 0. The van der Waals surface area contributed by atoms with Gasteiger partial charge in [0, 0.05) is 28.7 Å². The van der Waals surface area contributed by atoms with E-state index in [0.717, 1.165) is 10.0 Å². The molecule has 1 nitrogen and oxygen atoms in total. The summed E-state index contributed by atoms with van der Waals surface area (Å²) in [5.41, 5.74) is 1.70. The summed E-state index contributed by atoms with van der Waals surface area (Å²) >= 11 is 9.34. The van der Waals surface area contributed by atoms with E-state index in [9.17, 15) is 4.39 Å². The molecule has 1 aromatic carbocycles. The van der Waals surface area contributed by atoms with Gasteiger partial charge in [-0.15, -0.1) is 11.6 Å². The number of hydrogen-bond donors (Lipinski definition) is 0. The first-order valence-electron chi connectivity index (χ1n) is 5.60. The van der Waals surface area contributed by atoms with E-state index in [-0.39, 0.29) is 11.7 Å². The van der Waals surface area contributed by atoms with Gasteiger partial charge in [-0.1, -0.05) is 18.2 Å². The van der Waals surface area contributed by atoms with E-state index < -0.39 is 0 Å². The van der Waals surface area contributed by atoms with Crippen LogP contribution in [-0.2, 0) is 6.42 Å². The Bertz CT molecular complexity index is 533. The minimum Gasteiger partial charge on any atom is -0.263 e. The molecule has 0 N–H and O–H groups in total. The largest absolute Gasteiger partial charge is 0.263 e. The molecule has 1 unspecified atom stereocenters. The molecular weight excluding hydrogens is 317 g/mol. The highest BCUT2D eigenvalue weighted by molar-refractivity contribution is 9.10. The Morgan fingerprint density at radius 3 is 2.72 bits per heavy atom. The molecule has 0 aliphatic carbocycles. The lowest BCUT2D eigenvalue weighted by atomic mass is 9.94. The monoisotopic (exact) mass is 327 g/mol. The van der Waals surface area contributed by atoms with Crippen molar-refractivity contribution >= 4 is 27.5 Å². The maximum atomic E-state index is 13.7. The number of nitrogens with zero attached hydrogens (tertiary/aromatic N) is 1. The number of benzene rings is 1. The van der Waals surface area contributed by atoms with Gasteiger partial charge in [-0.25, -0.2) is 4.39 Å². The Morgan fingerprint density at radius 1 is 1.28 bits per heavy atom. The van der Waals surface area contributed by atoms with Crippen LogP contribution in [0.15, 0.2) is 47.2 Å². The van der Waals surface area contributed by atoms with Gasteiger partial charge in [0.25, 0.3) is 0 Å². The summed E-state index contributed by atoms with van der Waals surface area (Å²) in [6, 6.07) is 8.75. The van der Waals surface area contributed by atoms with Crippen LogP contribution in [0.25, 0.3) is 0 Å². The fourth-order valence-corrected chi connectivity index (χ4v) is 2.59. The Morgan fingerprint density at radius 2 is 2.06 bits per heavy atom. The molecule has 2 rings (SSSR count). The van der Waals surface area contributed by atoms with Gasteiger partial charge in [0.15, 0.2) is 0 Å². The molecule has 0 saturated carbocycles. The van der Waals surface area contributed by atoms with Gasteiger partial charge in [-0.2, -0.15) is 0 Å². The molecule has 0 radical (unpaired) electrons. The zero-order valence-corrected chi connectivity index (χ0v) is 12.0. The molecule has 0 spiro atoms. The lowest BCUT2D eigenvalue weighted by molar-refractivity contribution is 0.589. The van der Waals surface area contributed by atoms with E-state index >= 15 is 0 Å². The smallest absolute Gasteiger partial charge is 0.126 e. The summed E-state index contributed by atoms with van der Waals surface area (Å²) < 4.78 is 14.6. The third-order valence-corrected chi connectivity index (χ3v) is 3.58. The van der Waals surface area contributed by atoms with Crippen molar-refractivity contribution in [3.05, 3.63) is 64.1 Å². The van der Waals surface area contributed by atoms with Crippen LogP contribution in [0, 0.1) is 5.82 Å². The number of aromatic nitrogens is 1. The third-order valence-electron chi connectivity index (χ3n) is 2.77. The van der Waals surface area contributed by atoms with Crippen LogP contribution >= 0.6 is 27.5 Å². The molecule has 1 heterocycles. The lowest BCUT2D eigenvalue weighted by Crippen LogP contribution is -2.07. The van der Waals surface area contributed by atoms with Gasteiger partial charge < -0.3 is 0 Å². The van der Waals surface area contributed by atoms with E-state index in [0.29, 0.717) is 17.9 Å². The minimum absolute atomic E-state index is 0.0380. The zero-order chi connectivity index (χ0) is 13.0. The van der Waals surface area contributed by atoms with E-state index in [1.165, 1.54) is 6.07 Å². The average molecular weight is 329 g/mol. The predicted octanol–water partition coefficient (Wildman–Crippen LogP) is 4.55. The van der Waals surface area contributed by atoms with Crippen LogP contribution in [-0.4, -0.2) is 10.9 Å². The summed E-state index contributed by atoms with van der Waals surface area (Å²) in [6.07, 6.45) is 4.18. The third kappa shape index (κ3) is 3.30. The highest BCUT2D eigenvalue weighted by atomic mass is 79.9. The lowest BCUT2D eigenvalue weighted by Gasteiger charge is -2.15. The predicted molar refractivity (Wildman–Crippen MR) is 75.5 cm³/mol. The molecule has 94 valence electrons. The van der Waals surface area contributed by atoms with Gasteiger partial charge in [0.1, 0.15) is 5.82 Å². The maximum Gasteiger partial charge on any atom is 0.126 e. The summed E-state index contributed by atoms with van der Waals surface area (Å²) in [5, 5.41) is 0. The molecular formula is C14H12BrClFN. The average Bonchev–Trinajstić information content (AvgIpc) is 2.37. The number of pyridine rings is 1. The van der Waals surface area contributed by atoms with E-state index in [1.54, 1.807) is 24.5 Å². The van der Waals surface area contributed by atoms with Crippen molar-refractivity contribution in [3.63, 3.8) is 0 Å².